The molecule has 1 saturated carbocycles. The van der Waals surface area contributed by atoms with Crippen LogP contribution in [0.1, 0.15) is 82.3 Å². The van der Waals surface area contributed by atoms with Crippen molar-refractivity contribution >= 4 is 63.8 Å². The van der Waals surface area contributed by atoms with Gasteiger partial charge < -0.3 is 34.3 Å². The first-order valence-electron chi connectivity index (χ1n) is 20.1. The Hall–Kier alpha value is -6.58. The lowest BCUT2D eigenvalue weighted by molar-refractivity contribution is -0.156. The molecule has 8 rings (SSSR count). The summed E-state index contributed by atoms with van der Waals surface area (Å²) >= 11 is 6.13. The van der Waals surface area contributed by atoms with Gasteiger partial charge in [-0.05, 0) is 75.4 Å². The zero-order valence-electron chi connectivity index (χ0n) is 33.2. The van der Waals surface area contributed by atoms with Crippen LogP contribution in [0.2, 0.25) is 5.02 Å². The SMILES string of the molecule is CCn1c2c(c3ccc(OCC(=O)N4CCN(c5ccc(C(=O)NC6CCC(Oc7ccc(C#N)c(Cl)c7)CC6)nn5)CC4)cc31)C(=O)N(C1CCC(=O)N(CO)C1=O)C2=O. The topological polar surface area (TPSA) is 221 Å². The van der Waals surface area contributed by atoms with Gasteiger partial charge in [-0.25, -0.2) is 0 Å². The third-order valence-electron chi connectivity index (χ3n) is 11.7. The van der Waals surface area contributed by atoms with Crippen LogP contribution in [0.5, 0.6) is 11.5 Å². The number of rotatable bonds is 11. The summed E-state index contributed by atoms with van der Waals surface area (Å²) in [6.45, 7) is 2.87. The van der Waals surface area contributed by atoms with E-state index in [1.54, 1.807) is 58.0 Å². The second kappa shape index (κ2) is 17.2. The molecule has 1 atom stereocenters. The number of fused-ring (bicyclic) bond motifs is 3. The molecule has 3 fully saturated rings. The monoisotopic (exact) mass is 851 g/mol. The van der Waals surface area contributed by atoms with Crippen LogP contribution in [-0.4, -0.2) is 128 Å². The van der Waals surface area contributed by atoms with Gasteiger partial charge >= 0.3 is 0 Å². The molecule has 5 heterocycles. The first kappa shape index (κ1) is 41.2. The number of nitrogens with zero attached hydrogens (tertiary/aromatic N) is 8. The molecule has 2 aromatic heterocycles. The molecule has 1 unspecified atom stereocenters. The molecule has 2 N–H and O–H groups in total. The minimum absolute atomic E-state index is 0.0213. The number of aryl methyl sites for hydroxylation is 1. The fourth-order valence-electron chi connectivity index (χ4n) is 8.48. The van der Waals surface area contributed by atoms with Crippen molar-refractivity contribution in [2.45, 2.75) is 70.2 Å². The van der Waals surface area contributed by atoms with Gasteiger partial charge in [0.25, 0.3) is 29.5 Å². The first-order chi connectivity index (χ1) is 29.5. The molecule has 4 aromatic rings. The van der Waals surface area contributed by atoms with Gasteiger partial charge in [-0.2, -0.15) is 5.26 Å². The zero-order chi connectivity index (χ0) is 42.9. The molecule has 2 aromatic carbocycles. The molecule has 6 amide bonds. The van der Waals surface area contributed by atoms with Crippen molar-refractivity contribution < 1.29 is 43.3 Å². The number of piperidine rings is 1. The van der Waals surface area contributed by atoms with Crippen LogP contribution < -0.4 is 19.7 Å². The average Bonchev–Trinajstić information content (AvgIpc) is 3.73. The normalized spacial score (nSPS) is 20.5. The van der Waals surface area contributed by atoms with Crippen LogP contribution in [0.25, 0.3) is 10.9 Å². The summed E-state index contributed by atoms with van der Waals surface area (Å²) in [7, 11) is 0. The highest BCUT2D eigenvalue weighted by Gasteiger charge is 2.49. The fraction of sp³-hybridized carbons (Fsp3) is 0.405. The maximum absolute atomic E-state index is 13.7. The summed E-state index contributed by atoms with van der Waals surface area (Å²) < 4.78 is 13.6. The number of aromatic nitrogens is 3. The van der Waals surface area contributed by atoms with Crippen LogP contribution in [0, 0.1) is 11.3 Å². The summed E-state index contributed by atoms with van der Waals surface area (Å²) in [4.78, 5) is 83.9. The number of hydrogen-bond acceptors (Lipinski definition) is 13. The fourth-order valence-corrected chi connectivity index (χ4v) is 8.69. The molecule has 0 spiro atoms. The Balaban J connectivity index is 0.807. The second-order valence-corrected chi connectivity index (χ2v) is 15.6. The Morgan fingerprint density at radius 1 is 0.934 bits per heavy atom. The van der Waals surface area contributed by atoms with E-state index in [0.29, 0.717) is 76.4 Å². The number of nitriles is 1. The Bertz CT molecular complexity index is 2470. The van der Waals surface area contributed by atoms with E-state index in [-0.39, 0.29) is 60.4 Å². The van der Waals surface area contributed by atoms with E-state index in [2.05, 4.69) is 15.5 Å². The molecule has 2 saturated heterocycles. The van der Waals surface area contributed by atoms with Crippen molar-refractivity contribution in [2.24, 2.45) is 0 Å². The van der Waals surface area contributed by atoms with E-state index >= 15 is 0 Å². The van der Waals surface area contributed by atoms with Gasteiger partial charge in [0.1, 0.15) is 36.0 Å². The Labute approximate surface area is 354 Å². The predicted octanol–water partition coefficient (Wildman–Crippen LogP) is 2.89. The van der Waals surface area contributed by atoms with Gasteiger partial charge in [0.2, 0.25) is 5.91 Å². The Morgan fingerprint density at radius 2 is 1.69 bits per heavy atom. The summed E-state index contributed by atoms with van der Waals surface area (Å²) in [6.07, 6.45) is 2.82. The summed E-state index contributed by atoms with van der Waals surface area (Å²) in [6, 6.07) is 14.1. The summed E-state index contributed by atoms with van der Waals surface area (Å²) in [5, 5.41) is 31.0. The van der Waals surface area contributed by atoms with Crippen molar-refractivity contribution in [2.75, 3.05) is 44.4 Å². The van der Waals surface area contributed by atoms with E-state index < -0.39 is 36.4 Å². The number of aliphatic hydroxyl groups is 1. The number of aliphatic hydroxyl groups excluding tert-OH is 1. The van der Waals surface area contributed by atoms with Crippen molar-refractivity contribution in [3.05, 3.63) is 76.1 Å². The van der Waals surface area contributed by atoms with Crippen LogP contribution in [0.3, 0.4) is 0 Å². The largest absolute Gasteiger partial charge is 0.490 e. The van der Waals surface area contributed by atoms with Gasteiger partial charge in [0, 0.05) is 62.7 Å². The number of anilines is 1. The van der Waals surface area contributed by atoms with Gasteiger partial charge in [0.05, 0.1) is 27.8 Å². The predicted molar refractivity (Wildman–Crippen MR) is 217 cm³/mol. The van der Waals surface area contributed by atoms with Crippen LogP contribution in [0.15, 0.2) is 48.5 Å². The van der Waals surface area contributed by atoms with Gasteiger partial charge in [-0.3, -0.25) is 38.6 Å². The third-order valence-corrected chi connectivity index (χ3v) is 12.0. The van der Waals surface area contributed by atoms with Crippen molar-refractivity contribution in [1.29, 1.82) is 5.26 Å². The van der Waals surface area contributed by atoms with Crippen molar-refractivity contribution in [3.8, 4) is 17.6 Å². The number of carbonyl (C=O) groups excluding carboxylic acids is 6. The van der Waals surface area contributed by atoms with Crippen molar-refractivity contribution in [3.63, 3.8) is 0 Å². The Kier molecular flexibility index (Phi) is 11.6. The quantitative estimate of drug-likeness (QED) is 0.208. The highest BCUT2D eigenvalue weighted by Crippen LogP contribution is 2.38. The number of likely N-dealkylation sites (tertiary alicyclic amines) is 1. The molecule has 0 radical (unpaired) electrons. The molecule has 316 valence electrons. The minimum atomic E-state index is -1.20. The highest BCUT2D eigenvalue weighted by molar-refractivity contribution is 6.32. The number of benzene rings is 2. The maximum Gasteiger partial charge on any atom is 0.278 e. The average molecular weight is 852 g/mol. The molecule has 19 heteroatoms. The number of piperazine rings is 1. The number of amides is 6. The molecule has 18 nitrogen and oxygen atoms in total. The van der Waals surface area contributed by atoms with E-state index in [9.17, 15) is 33.9 Å². The van der Waals surface area contributed by atoms with Gasteiger partial charge in [-0.1, -0.05) is 11.6 Å². The number of carbonyl (C=O) groups is 6. The summed E-state index contributed by atoms with van der Waals surface area (Å²) in [5.41, 5.74) is 1.44. The summed E-state index contributed by atoms with van der Waals surface area (Å²) in [5.74, 6) is -1.62. The lowest BCUT2D eigenvalue weighted by Gasteiger charge is -2.35. The molecule has 0 bridgehead atoms. The van der Waals surface area contributed by atoms with Gasteiger partial charge in [0.15, 0.2) is 18.1 Å². The van der Waals surface area contributed by atoms with E-state index in [1.165, 1.54) is 0 Å². The molecule has 1 aliphatic carbocycles. The van der Waals surface area contributed by atoms with E-state index in [1.807, 2.05) is 17.9 Å². The maximum atomic E-state index is 13.7. The number of imide groups is 2. The van der Waals surface area contributed by atoms with Gasteiger partial charge in [-0.15, -0.1) is 10.2 Å². The molecular formula is C42H42ClN9O9. The minimum Gasteiger partial charge on any atom is -0.490 e. The molecular weight excluding hydrogens is 810 g/mol. The number of ether oxygens (including phenoxy) is 2. The zero-order valence-corrected chi connectivity index (χ0v) is 34.0. The first-order valence-corrected chi connectivity index (χ1v) is 20.5. The smallest absolute Gasteiger partial charge is 0.278 e. The second-order valence-electron chi connectivity index (χ2n) is 15.2. The molecule has 61 heavy (non-hydrogen) atoms. The molecule has 3 aliphatic heterocycles. The number of hydrogen-bond donors (Lipinski definition) is 2. The van der Waals surface area contributed by atoms with Crippen LogP contribution in [0.4, 0.5) is 5.82 Å². The third kappa shape index (κ3) is 7.93. The van der Waals surface area contributed by atoms with E-state index in [0.717, 1.165) is 30.6 Å². The lowest BCUT2D eigenvalue weighted by atomic mass is 9.93. The highest BCUT2D eigenvalue weighted by atomic mass is 35.5. The van der Waals surface area contributed by atoms with E-state index in [4.69, 9.17) is 26.3 Å². The van der Waals surface area contributed by atoms with Crippen LogP contribution in [-0.2, 0) is 20.9 Å². The Morgan fingerprint density at radius 3 is 2.36 bits per heavy atom. The van der Waals surface area contributed by atoms with Crippen LogP contribution >= 0.6 is 11.6 Å². The molecule has 4 aliphatic rings. The standard InChI is InChI=1S/C42H42ClN9O9/c1-2-50-33-20-27(9-10-29(33)37-38(50)42(59)52(41(37)58)32-12-14-35(54)51(23-53)40(32)57)60-22-36(55)49-17-15-48(16-18-49)34-13-11-31(46-47-34)39(56)45-25-4-7-26(8-5-25)61-28-6-3-24(21-44)30(43)19-28/h3,6,9-11,13,19-20,25-26,32,53H,2,4-5,7-8,12,14-18,22-23H2,1H3,(H,45,56). The number of nitrogens with one attached hydrogen (secondary N) is 1. The lowest BCUT2D eigenvalue weighted by Crippen LogP contribution is -2.56. The van der Waals surface area contributed by atoms with Crippen molar-refractivity contribution in [1.82, 2.24) is 34.8 Å². The number of halogens is 1.